The van der Waals surface area contributed by atoms with Crippen LogP contribution in [0.3, 0.4) is 0 Å². The van der Waals surface area contributed by atoms with Crippen molar-refractivity contribution in [1.29, 1.82) is 0 Å². The predicted octanol–water partition coefficient (Wildman–Crippen LogP) is 2.45. The van der Waals surface area contributed by atoms with Crippen LogP contribution in [-0.4, -0.2) is 28.8 Å². The Balaban J connectivity index is 1.68. The topological polar surface area (TPSA) is 76.0 Å². The minimum Gasteiger partial charge on any atom is -0.493 e. The average Bonchev–Trinajstić information content (AvgIpc) is 3.15. The number of benzene rings is 1. The van der Waals surface area contributed by atoms with E-state index in [0.717, 1.165) is 41.3 Å². The number of nitrogens with zero attached hydrogens (tertiary/aromatic N) is 2. The molecule has 0 saturated carbocycles. The normalized spacial score (nSPS) is 12.7. The van der Waals surface area contributed by atoms with E-state index < -0.39 is 0 Å². The van der Waals surface area contributed by atoms with Crippen LogP contribution in [0.2, 0.25) is 0 Å². The quantitative estimate of drug-likeness (QED) is 0.728. The molecular formula is C15H18N4O2. The Labute approximate surface area is 122 Å². The van der Waals surface area contributed by atoms with Gasteiger partial charge in [0, 0.05) is 18.4 Å². The Bertz CT molecular complexity index is 706. The molecule has 110 valence electrons. The van der Waals surface area contributed by atoms with Gasteiger partial charge in [-0.25, -0.2) is 4.98 Å². The van der Waals surface area contributed by atoms with Crippen molar-refractivity contribution in [2.24, 2.45) is 0 Å². The van der Waals surface area contributed by atoms with E-state index in [2.05, 4.69) is 27.4 Å². The highest BCUT2D eigenvalue weighted by Crippen LogP contribution is 2.30. The minimum atomic E-state index is 0.116. The second-order valence-corrected chi connectivity index (χ2v) is 4.89. The summed E-state index contributed by atoms with van der Waals surface area (Å²) in [5, 5.41) is 11.1. The zero-order valence-corrected chi connectivity index (χ0v) is 12.1. The van der Waals surface area contributed by atoms with Gasteiger partial charge >= 0.3 is 0 Å². The molecule has 21 heavy (non-hydrogen) atoms. The first-order valence-electron chi connectivity index (χ1n) is 6.92. The van der Waals surface area contributed by atoms with Crippen LogP contribution in [-0.2, 0) is 6.42 Å². The molecule has 0 aliphatic rings. The number of aromatic amines is 1. The summed E-state index contributed by atoms with van der Waals surface area (Å²) in [5.74, 6) is 2.53. The van der Waals surface area contributed by atoms with E-state index in [1.54, 1.807) is 7.11 Å². The Hall–Kier alpha value is -2.34. The molecule has 0 amide bonds. The summed E-state index contributed by atoms with van der Waals surface area (Å²) in [6.07, 6.45) is 2.32. The number of hydrogen-bond acceptors (Lipinski definition) is 5. The maximum absolute atomic E-state index is 5.92. The van der Waals surface area contributed by atoms with Crippen LogP contribution in [0.5, 0.6) is 5.75 Å². The molecule has 0 bridgehead atoms. The number of para-hydroxylation sites is 1. The summed E-state index contributed by atoms with van der Waals surface area (Å²) in [7, 11) is 1.65. The van der Waals surface area contributed by atoms with Gasteiger partial charge in [0.15, 0.2) is 11.3 Å². The van der Waals surface area contributed by atoms with Crippen molar-refractivity contribution >= 4 is 11.0 Å². The first-order valence-corrected chi connectivity index (χ1v) is 6.92. The molecule has 3 aromatic rings. The Morgan fingerprint density at radius 2 is 2.33 bits per heavy atom. The van der Waals surface area contributed by atoms with Crippen LogP contribution in [0.1, 0.15) is 24.6 Å². The lowest BCUT2D eigenvalue weighted by Crippen LogP contribution is -2.21. The second-order valence-electron chi connectivity index (χ2n) is 4.89. The maximum Gasteiger partial charge on any atom is 0.176 e. The van der Waals surface area contributed by atoms with E-state index in [9.17, 15) is 0 Å². The van der Waals surface area contributed by atoms with Crippen molar-refractivity contribution in [2.45, 2.75) is 19.4 Å². The van der Waals surface area contributed by atoms with Crippen LogP contribution in [0.15, 0.2) is 35.0 Å². The number of ether oxygens (including phenoxy) is 1. The molecule has 1 unspecified atom stereocenters. The molecular weight excluding hydrogens is 268 g/mol. The highest BCUT2D eigenvalue weighted by molar-refractivity contribution is 5.83. The molecule has 6 nitrogen and oxygen atoms in total. The summed E-state index contributed by atoms with van der Waals surface area (Å²) < 4.78 is 11.2. The minimum absolute atomic E-state index is 0.116. The molecule has 6 heteroatoms. The zero-order chi connectivity index (χ0) is 14.7. The van der Waals surface area contributed by atoms with Crippen molar-refractivity contribution < 1.29 is 9.15 Å². The van der Waals surface area contributed by atoms with Gasteiger partial charge in [0.25, 0.3) is 0 Å². The smallest absolute Gasteiger partial charge is 0.176 e. The lowest BCUT2D eigenvalue weighted by Gasteiger charge is -2.10. The summed E-state index contributed by atoms with van der Waals surface area (Å²) in [4.78, 5) is 4.10. The molecule has 0 radical (unpaired) electrons. The summed E-state index contributed by atoms with van der Waals surface area (Å²) >= 11 is 0. The van der Waals surface area contributed by atoms with Gasteiger partial charge in [-0.3, -0.25) is 5.10 Å². The largest absolute Gasteiger partial charge is 0.493 e. The maximum atomic E-state index is 5.92. The number of H-pyrrole nitrogens is 1. The van der Waals surface area contributed by atoms with Crippen molar-refractivity contribution in [3.63, 3.8) is 0 Å². The monoisotopic (exact) mass is 286 g/mol. The summed E-state index contributed by atoms with van der Waals surface area (Å²) in [6, 6.07) is 8.04. The van der Waals surface area contributed by atoms with Gasteiger partial charge in [-0.05, 0) is 19.1 Å². The van der Waals surface area contributed by atoms with E-state index in [-0.39, 0.29) is 6.04 Å². The average molecular weight is 286 g/mol. The molecule has 2 heterocycles. The van der Waals surface area contributed by atoms with Crippen LogP contribution in [0.25, 0.3) is 11.0 Å². The SMILES string of the molecule is COc1cccc2cc(C(C)NCCc3ncn[nH]3)oc12. The van der Waals surface area contributed by atoms with E-state index in [1.807, 2.05) is 24.3 Å². The number of fused-ring (bicyclic) bond motifs is 1. The predicted molar refractivity (Wildman–Crippen MR) is 79.3 cm³/mol. The third kappa shape index (κ3) is 2.90. The van der Waals surface area contributed by atoms with E-state index in [1.165, 1.54) is 6.33 Å². The Morgan fingerprint density at radius 1 is 1.43 bits per heavy atom. The number of methoxy groups -OCH3 is 1. The van der Waals surface area contributed by atoms with Crippen molar-refractivity contribution in [3.05, 3.63) is 42.2 Å². The molecule has 0 aliphatic heterocycles. The molecule has 0 fully saturated rings. The molecule has 3 rings (SSSR count). The first-order chi connectivity index (χ1) is 10.3. The Kier molecular flexibility index (Phi) is 3.87. The number of nitrogens with one attached hydrogen (secondary N) is 2. The zero-order valence-electron chi connectivity index (χ0n) is 12.1. The Morgan fingerprint density at radius 3 is 3.10 bits per heavy atom. The van der Waals surface area contributed by atoms with Gasteiger partial charge in [0.05, 0.1) is 13.2 Å². The van der Waals surface area contributed by atoms with Gasteiger partial charge in [-0.1, -0.05) is 12.1 Å². The lowest BCUT2D eigenvalue weighted by molar-refractivity contribution is 0.400. The number of hydrogen-bond donors (Lipinski definition) is 2. The van der Waals surface area contributed by atoms with Crippen molar-refractivity contribution in [2.75, 3.05) is 13.7 Å². The first kappa shape index (κ1) is 13.6. The van der Waals surface area contributed by atoms with Gasteiger partial charge < -0.3 is 14.5 Å². The number of furan rings is 1. The number of rotatable bonds is 6. The number of aromatic nitrogens is 3. The van der Waals surface area contributed by atoms with E-state index >= 15 is 0 Å². The lowest BCUT2D eigenvalue weighted by atomic mass is 10.2. The van der Waals surface area contributed by atoms with Gasteiger partial charge in [0.1, 0.15) is 17.9 Å². The van der Waals surface area contributed by atoms with Crippen molar-refractivity contribution in [1.82, 2.24) is 20.5 Å². The highest BCUT2D eigenvalue weighted by atomic mass is 16.5. The second kappa shape index (κ2) is 5.97. The van der Waals surface area contributed by atoms with Crippen molar-refractivity contribution in [3.8, 4) is 5.75 Å². The molecule has 0 aliphatic carbocycles. The highest BCUT2D eigenvalue weighted by Gasteiger charge is 2.13. The standard InChI is InChI=1S/C15H18N4O2/c1-10(16-7-6-14-17-9-18-19-14)13-8-11-4-3-5-12(20-2)15(11)21-13/h3-5,8-10,16H,6-7H2,1-2H3,(H,17,18,19). The fourth-order valence-electron chi connectivity index (χ4n) is 2.29. The molecule has 2 N–H and O–H groups in total. The molecule has 0 spiro atoms. The molecule has 2 aromatic heterocycles. The van der Waals surface area contributed by atoms with E-state index in [0.29, 0.717) is 0 Å². The fraction of sp³-hybridized carbons (Fsp3) is 0.333. The summed E-state index contributed by atoms with van der Waals surface area (Å²) in [5.41, 5.74) is 0.791. The third-order valence-corrected chi connectivity index (χ3v) is 3.45. The molecule has 1 aromatic carbocycles. The van der Waals surface area contributed by atoms with Gasteiger partial charge in [-0.2, -0.15) is 5.10 Å². The van der Waals surface area contributed by atoms with Gasteiger partial charge in [0.2, 0.25) is 0 Å². The van der Waals surface area contributed by atoms with Crippen LogP contribution in [0, 0.1) is 0 Å². The van der Waals surface area contributed by atoms with Gasteiger partial charge in [-0.15, -0.1) is 0 Å². The van der Waals surface area contributed by atoms with Crippen LogP contribution < -0.4 is 10.1 Å². The summed E-state index contributed by atoms with van der Waals surface area (Å²) in [6.45, 7) is 2.87. The molecule has 0 saturated heterocycles. The third-order valence-electron chi connectivity index (χ3n) is 3.45. The molecule has 1 atom stereocenters. The fourth-order valence-corrected chi connectivity index (χ4v) is 2.29. The van der Waals surface area contributed by atoms with Crippen LogP contribution >= 0.6 is 0 Å². The van der Waals surface area contributed by atoms with Crippen LogP contribution in [0.4, 0.5) is 0 Å². The van der Waals surface area contributed by atoms with E-state index in [4.69, 9.17) is 9.15 Å².